The molecule has 0 spiro atoms. The number of nitrogens with zero attached hydrogens (tertiary/aromatic N) is 1. The molecule has 0 aliphatic heterocycles. The summed E-state index contributed by atoms with van der Waals surface area (Å²) in [5.41, 5.74) is 6.93. The van der Waals surface area contributed by atoms with Gasteiger partial charge in [-0.15, -0.1) is 11.3 Å². The minimum atomic E-state index is 0. The number of rotatable bonds is 3. The molecule has 1 heterocycles. The quantitative estimate of drug-likeness (QED) is 0.802. The number of hydrogen-bond donors (Lipinski definition) is 2. The Balaban J connectivity index is 0.00000112. The van der Waals surface area contributed by atoms with Crippen molar-refractivity contribution in [2.24, 2.45) is 0 Å². The molecule has 2 rings (SSSR count). The van der Waals surface area contributed by atoms with Crippen molar-refractivity contribution in [3.8, 4) is 0 Å². The topological polar surface area (TPSA) is 82.4 Å². The van der Waals surface area contributed by atoms with Crippen LogP contribution in [-0.2, 0) is 12.8 Å². The summed E-state index contributed by atoms with van der Waals surface area (Å²) in [4.78, 5) is 5.73. The third-order valence-electron chi connectivity index (χ3n) is 2.64. The Labute approximate surface area is 94.2 Å². The number of thiazole rings is 1. The zero-order chi connectivity index (χ0) is 9.97. The maximum absolute atomic E-state index is 5.69. The van der Waals surface area contributed by atoms with Crippen molar-refractivity contribution in [1.29, 1.82) is 0 Å². The van der Waals surface area contributed by atoms with Crippen molar-refractivity contribution in [2.75, 3.05) is 12.3 Å². The van der Waals surface area contributed by atoms with Crippen LogP contribution in [0.25, 0.3) is 0 Å². The predicted molar refractivity (Wildman–Crippen MR) is 64.2 cm³/mol. The molecule has 1 aromatic rings. The zero-order valence-corrected chi connectivity index (χ0v) is 9.86. The number of anilines is 1. The van der Waals surface area contributed by atoms with Gasteiger partial charge >= 0.3 is 0 Å². The number of nitrogens with two attached hydrogens (primary N) is 1. The third kappa shape index (κ3) is 2.90. The van der Waals surface area contributed by atoms with E-state index in [9.17, 15) is 0 Å². The van der Waals surface area contributed by atoms with Gasteiger partial charge < -0.3 is 16.5 Å². The number of nitrogen functional groups attached to an aromatic ring is 1. The van der Waals surface area contributed by atoms with Crippen LogP contribution in [0, 0.1) is 0 Å². The van der Waals surface area contributed by atoms with E-state index in [-0.39, 0.29) is 5.48 Å². The minimum Gasteiger partial charge on any atom is -0.412 e. The fourth-order valence-corrected chi connectivity index (χ4v) is 2.88. The predicted octanol–water partition coefficient (Wildman–Crippen LogP) is 0.757. The van der Waals surface area contributed by atoms with Crippen LogP contribution in [0.1, 0.15) is 30.3 Å². The molecule has 0 saturated carbocycles. The number of fused-ring (bicyclic) bond motifs is 1. The number of nitrogens with one attached hydrogen (secondary N) is 1. The summed E-state index contributed by atoms with van der Waals surface area (Å²) in [5.74, 6) is 0. The van der Waals surface area contributed by atoms with E-state index < -0.39 is 0 Å². The molecular formula is C10H19N3OS. The van der Waals surface area contributed by atoms with Gasteiger partial charge in [-0.25, -0.2) is 4.98 Å². The second-order valence-corrected chi connectivity index (χ2v) is 4.93. The van der Waals surface area contributed by atoms with Crippen molar-refractivity contribution in [3.05, 3.63) is 10.6 Å². The molecule has 0 saturated heterocycles. The number of hydrogen-bond acceptors (Lipinski definition) is 4. The van der Waals surface area contributed by atoms with Crippen LogP contribution in [0.3, 0.4) is 0 Å². The SMILES string of the molecule is CCCN[C@@H]1CCc2nc(N)sc2C1.O. The van der Waals surface area contributed by atoms with Gasteiger partial charge in [-0.1, -0.05) is 6.92 Å². The smallest absolute Gasteiger partial charge is 0.180 e. The van der Waals surface area contributed by atoms with E-state index in [2.05, 4.69) is 17.2 Å². The first-order chi connectivity index (χ1) is 6.79. The standard InChI is InChI=1S/C10H17N3S.H2O/c1-2-5-12-7-3-4-8-9(6-7)14-10(11)13-8;/h7,12H,2-6H2,1H3,(H2,11,13);1H2/t7-;/m1./s1. The van der Waals surface area contributed by atoms with Gasteiger partial charge in [0.15, 0.2) is 5.13 Å². The van der Waals surface area contributed by atoms with Gasteiger partial charge in [0.2, 0.25) is 0 Å². The van der Waals surface area contributed by atoms with Crippen molar-refractivity contribution in [1.82, 2.24) is 10.3 Å². The maximum atomic E-state index is 5.69. The lowest BCUT2D eigenvalue weighted by molar-refractivity contribution is 0.460. The van der Waals surface area contributed by atoms with Crippen LogP contribution in [0.5, 0.6) is 0 Å². The van der Waals surface area contributed by atoms with Crippen molar-refractivity contribution in [2.45, 2.75) is 38.6 Å². The van der Waals surface area contributed by atoms with E-state index in [1.54, 1.807) is 11.3 Å². The molecule has 0 bridgehead atoms. The average molecular weight is 229 g/mol. The summed E-state index contributed by atoms with van der Waals surface area (Å²) in [5, 5.41) is 4.29. The fraction of sp³-hybridized carbons (Fsp3) is 0.700. The van der Waals surface area contributed by atoms with Crippen molar-refractivity contribution < 1.29 is 5.48 Å². The molecule has 0 fully saturated rings. The molecule has 5 N–H and O–H groups in total. The van der Waals surface area contributed by atoms with E-state index in [0.717, 1.165) is 24.5 Å². The van der Waals surface area contributed by atoms with Gasteiger partial charge in [0.1, 0.15) is 0 Å². The Hall–Kier alpha value is -0.650. The maximum Gasteiger partial charge on any atom is 0.180 e. The first-order valence-electron chi connectivity index (χ1n) is 5.27. The number of aryl methyl sites for hydroxylation is 1. The highest BCUT2D eigenvalue weighted by Crippen LogP contribution is 2.27. The lowest BCUT2D eigenvalue weighted by Crippen LogP contribution is -2.34. The van der Waals surface area contributed by atoms with Crippen LogP contribution >= 0.6 is 11.3 Å². The Bertz CT molecular complexity index is 314. The molecule has 1 aliphatic rings. The van der Waals surface area contributed by atoms with Gasteiger partial charge in [-0.2, -0.15) is 0 Å². The van der Waals surface area contributed by atoms with Crippen LogP contribution in [0.15, 0.2) is 0 Å². The van der Waals surface area contributed by atoms with Crippen molar-refractivity contribution >= 4 is 16.5 Å². The van der Waals surface area contributed by atoms with Crippen LogP contribution in [0.4, 0.5) is 5.13 Å². The van der Waals surface area contributed by atoms with Gasteiger partial charge in [-0.05, 0) is 32.2 Å². The average Bonchev–Trinajstić information content (AvgIpc) is 2.54. The summed E-state index contributed by atoms with van der Waals surface area (Å²) in [6, 6.07) is 0.641. The van der Waals surface area contributed by atoms with Crippen LogP contribution in [-0.4, -0.2) is 23.0 Å². The molecule has 1 aliphatic carbocycles. The van der Waals surface area contributed by atoms with E-state index in [0.29, 0.717) is 6.04 Å². The zero-order valence-electron chi connectivity index (χ0n) is 9.05. The largest absolute Gasteiger partial charge is 0.412 e. The summed E-state index contributed by atoms with van der Waals surface area (Å²) >= 11 is 1.65. The van der Waals surface area contributed by atoms with E-state index in [4.69, 9.17) is 5.73 Å². The highest BCUT2D eigenvalue weighted by molar-refractivity contribution is 7.15. The monoisotopic (exact) mass is 229 g/mol. The van der Waals surface area contributed by atoms with Crippen LogP contribution < -0.4 is 11.1 Å². The lowest BCUT2D eigenvalue weighted by atomic mass is 9.98. The molecule has 4 nitrogen and oxygen atoms in total. The normalized spacial score (nSPS) is 19.4. The Morgan fingerprint density at radius 1 is 1.60 bits per heavy atom. The minimum absolute atomic E-state index is 0. The first-order valence-corrected chi connectivity index (χ1v) is 6.08. The van der Waals surface area contributed by atoms with Gasteiger partial charge in [0.25, 0.3) is 0 Å². The second-order valence-electron chi connectivity index (χ2n) is 3.82. The molecule has 1 aromatic heterocycles. The second kappa shape index (κ2) is 5.44. The molecule has 5 heteroatoms. The highest BCUT2D eigenvalue weighted by Gasteiger charge is 2.21. The molecule has 0 aromatic carbocycles. The summed E-state index contributed by atoms with van der Waals surface area (Å²) in [6.07, 6.45) is 4.61. The highest BCUT2D eigenvalue weighted by atomic mass is 32.1. The molecule has 0 radical (unpaired) electrons. The van der Waals surface area contributed by atoms with E-state index >= 15 is 0 Å². The van der Waals surface area contributed by atoms with E-state index in [1.165, 1.54) is 23.4 Å². The molecule has 0 amide bonds. The Morgan fingerprint density at radius 2 is 2.40 bits per heavy atom. The lowest BCUT2D eigenvalue weighted by Gasteiger charge is -2.21. The molecule has 1 atom stereocenters. The van der Waals surface area contributed by atoms with Gasteiger partial charge in [0, 0.05) is 10.9 Å². The third-order valence-corrected chi connectivity index (χ3v) is 3.59. The summed E-state index contributed by atoms with van der Waals surface area (Å²) in [6.45, 7) is 3.32. The van der Waals surface area contributed by atoms with Gasteiger partial charge in [-0.3, -0.25) is 0 Å². The number of aromatic nitrogens is 1. The Morgan fingerprint density at radius 3 is 3.13 bits per heavy atom. The molecule has 86 valence electrons. The molecular weight excluding hydrogens is 210 g/mol. The molecule has 0 unspecified atom stereocenters. The Kier molecular flexibility index (Phi) is 4.50. The van der Waals surface area contributed by atoms with Crippen LogP contribution in [0.2, 0.25) is 0 Å². The van der Waals surface area contributed by atoms with Gasteiger partial charge in [0.05, 0.1) is 5.69 Å². The van der Waals surface area contributed by atoms with Crippen molar-refractivity contribution in [3.63, 3.8) is 0 Å². The van der Waals surface area contributed by atoms with E-state index in [1.807, 2.05) is 0 Å². The fourth-order valence-electron chi connectivity index (χ4n) is 1.92. The summed E-state index contributed by atoms with van der Waals surface area (Å²) < 4.78 is 0. The molecule has 15 heavy (non-hydrogen) atoms. The first kappa shape index (κ1) is 12.4. The summed E-state index contributed by atoms with van der Waals surface area (Å²) in [7, 11) is 0.